The van der Waals surface area contributed by atoms with Crippen LogP contribution in [0.25, 0.3) is 0 Å². The van der Waals surface area contributed by atoms with Crippen molar-refractivity contribution in [2.45, 2.75) is 18.6 Å². The summed E-state index contributed by atoms with van der Waals surface area (Å²) >= 11 is 1.40. The van der Waals surface area contributed by atoms with Gasteiger partial charge in [0.05, 0.1) is 17.0 Å². The highest BCUT2D eigenvalue weighted by atomic mass is 32.1. The number of hydrogen-bond acceptors (Lipinski definition) is 3. The second kappa shape index (κ2) is 4.55. The van der Waals surface area contributed by atoms with Crippen molar-refractivity contribution in [3.63, 3.8) is 0 Å². The van der Waals surface area contributed by atoms with Gasteiger partial charge in [-0.1, -0.05) is 30.3 Å². The van der Waals surface area contributed by atoms with Crippen molar-refractivity contribution >= 4 is 17.2 Å². The zero-order chi connectivity index (χ0) is 12.5. The Morgan fingerprint density at radius 3 is 2.89 bits per heavy atom. The van der Waals surface area contributed by atoms with Gasteiger partial charge in [-0.05, 0) is 22.6 Å². The number of carbonyl (C=O) groups is 1. The van der Waals surface area contributed by atoms with Crippen LogP contribution in [0.15, 0.2) is 41.8 Å². The molecule has 0 bridgehead atoms. The van der Waals surface area contributed by atoms with Crippen molar-refractivity contribution in [2.75, 3.05) is 0 Å². The number of benzene rings is 1. The third-order valence-electron chi connectivity index (χ3n) is 3.24. The second-order valence-corrected chi connectivity index (χ2v) is 5.35. The maximum absolute atomic E-state index is 12.0. The molecule has 1 aromatic carbocycles. The van der Waals surface area contributed by atoms with Gasteiger partial charge in [-0.3, -0.25) is 4.79 Å². The summed E-state index contributed by atoms with van der Waals surface area (Å²) in [6.07, 6.45) is 0.0669. The predicted octanol–water partition coefficient (Wildman–Crippen LogP) is 2.14. The van der Waals surface area contributed by atoms with Crippen LogP contribution in [0.1, 0.15) is 26.8 Å². The summed E-state index contributed by atoms with van der Waals surface area (Å²) in [5.74, 6) is -0.120. The SMILES string of the molecule is O=C(NC1c2ccccc2CC1O)c1cccs1. The molecule has 0 radical (unpaired) electrons. The number of fused-ring (bicyclic) bond motifs is 1. The minimum Gasteiger partial charge on any atom is -0.390 e. The molecule has 4 heteroatoms. The number of aliphatic hydroxyl groups is 1. The van der Waals surface area contributed by atoms with E-state index in [0.29, 0.717) is 11.3 Å². The number of carbonyl (C=O) groups excluding carboxylic acids is 1. The quantitative estimate of drug-likeness (QED) is 0.868. The van der Waals surface area contributed by atoms with Crippen LogP contribution >= 0.6 is 11.3 Å². The Bertz CT molecular complexity index is 565. The zero-order valence-corrected chi connectivity index (χ0v) is 10.5. The summed E-state index contributed by atoms with van der Waals surface area (Å²) in [6, 6.07) is 11.2. The summed E-state index contributed by atoms with van der Waals surface area (Å²) in [6.45, 7) is 0. The summed E-state index contributed by atoms with van der Waals surface area (Å²) < 4.78 is 0. The molecule has 18 heavy (non-hydrogen) atoms. The van der Waals surface area contributed by atoms with Gasteiger partial charge in [0.2, 0.25) is 0 Å². The molecule has 92 valence electrons. The molecule has 2 atom stereocenters. The first kappa shape index (κ1) is 11.4. The Labute approximate surface area is 109 Å². The fourth-order valence-corrected chi connectivity index (χ4v) is 2.99. The fourth-order valence-electron chi connectivity index (χ4n) is 2.37. The number of rotatable bonds is 2. The Morgan fingerprint density at radius 2 is 2.11 bits per heavy atom. The van der Waals surface area contributed by atoms with Gasteiger partial charge in [-0.2, -0.15) is 0 Å². The summed E-state index contributed by atoms with van der Waals surface area (Å²) in [4.78, 5) is 12.7. The maximum atomic E-state index is 12.0. The van der Waals surface area contributed by atoms with Crippen LogP contribution in [-0.4, -0.2) is 17.1 Å². The molecule has 1 aromatic heterocycles. The molecule has 0 saturated heterocycles. The fraction of sp³-hybridized carbons (Fsp3) is 0.214. The van der Waals surface area contributed by atoms with Crippen molar-refractivity contribution < 1.29 is 9.90 Å². The smallest absolute Gasteiger partial charge is 0.261 e. The molecule has 0 saturated carbocycles. The van der Waals surface area contributed by atoms with E-state index < -0.39 is 6.10 Å². The average molecular weight is 259 g/mol. The van der Waals surface area contributed by atoms with Gasteiger partial charge in [0.25, 0.3) is 5.91 Å². The van der Waals surface area contributed by atoms with Crippen molar-refractivity contribution in [2.24, 2.45) is 0 Å². The van der Waals surface area contributed by atoms with Crippen molar-refractivity contribution in [3.8, 4) is 0 Å². The van der Waals surface area contributed by atoms with Crippen LogP contribution < -0.4 is 5.32 Å². The first-order chi connectivity index (χ1) is 8.75. The molecular formula is C14H13NO2S. The van der Waals surface area contributed by atoms with Gasteiger partial charge in [-0.25, -0.2) is 0 Å². The molecular weight excluding hydrogens is 246 g/mol. The van der Waals surface area contributed by atoms with Gasteiger partial charge in [0, 0.05) is 6.42 Å². The number of hydrogen-bond donors (Lipinski definition) is 2. The van der Waals surface area contributed by atoms with E-state index in [2.05, 4.69) is 5.32 Å². The molecule has 1 heterocycles. The number of amides is 1. The Balaban J connectivity index is 1.83. The molecule has 2 aromatic rings. The standard InChI is InChI=1S/C14H13NO2S/c16-11-8-9-4-1-2-5-10(9)13(11)15-14(17)12-6-3-7-18-12/h1-7,11,13,16H,8H2,(H,15,17). The largest absolute Gasteiger partial charge is 0.390 e. The lowest BCUT2D eigenvalue weighted by atomic mass is 10.1. The van der Waals surface area contributed by atoms with E-state index in [9.17, 15) is 9.90 Å². The number of thiophene rings is 1. The summed E-state index contributed by atoms with van der Waals surface area (Å²) in [5.41, 5.74) is 2.14. The molecule has 1 amide bonds. The Morgan fingerprint density at radius 1 is 1.28 bits per heavy atom. The van der Waals surface area contributed by atoms with Gasteiger partial charge < -0.3 is 10.4 Å². The highest BCUT2D eigenvalue weighted by molar-refractivity contribution is 7.12. The second-order valence-electron chi connectivity index (χ2n) is 4.40. The lowest BCUT2D eigenvalue weighted by Gasteiger charge is -2.17. The monoisotopic (exact) mass is 259 g/mol. The van der Waals surface area contributed by atoms with E-state index in [1.807, 2.05) is 35.7 Å². The molecule has 0 aliphatic heterocycles. The van der Waals surface area contributed by atoms with E-state index in [-0.39, 0.29) is 11.9 Å². The van der Waals surface area contributed by atoms with E-state index >= 15 is 0 Å². The topological polar surface area (TPSA) is 49.3 Å². The van der Waals surface area contributed by atoms with Crippen LogP contribution in [0.4, 0.5) is 0 Å². The minimum absolute atomic E-state index is 0.120. The van der Waals surface area contributed by atoms with Gasteiger partial charge in [0.1, 0.15) is 0 Å². The van der Waals surface area contributed by atoms with E-state index in [1.54, 1.807) is 6.07 Å². The van der Waals surface area contributed by atoms with Crippen molar-refractivity contribution in [1.82, 2.24) is 5.32 Å². The van der Waals surface area contributed by atoms with Crippen LogP contribution in [0.5, 0.6) is 0 Å². The normalized spacial score (nSPS) is 21.6. The number of aliphatic hydroxyl groups excluding tert-OH is 1. The zero-order valence-electron chi connectivity index (χ0n) is 9.67. The highest BCUT2D eigenvalue weighted by Gasteiger charge is 2.32. The van der Waals surface area contributed by atoms with Gasteiger partial charge >= 0.3 is 0 Å². The Kier molecular flexibility index (Phi) is 2.89. The minimum atomic E-state index is -0.536. The van der Waals surface area contributed by atoms with Gasteiger partial charge in [0.15, 0.2) is 0 Å². The highest BCUT2D eigenvalue weighted by Crippen LogP contribution is 2.31. The molecule has 0 fully saturated rings. The summed E-state index contributed by atoms with van der Waals surface area (Å²) in [7, 11) is 0. The molecule has 3 nitrogen and oxygen atoms in total. The summed E-state index contributed by atoms with van der Waals surface area (Å²) in [5, 5.41) is 14.8. The van der Waals surface area contributed by atoms with Crippen molar-refractivity contribution in [1.29, 1.82) is 0 Å². The molecule has 2 unspecified atom stereocenters. The average Bonchev–Trinajstić information content (AvgIpc) is 2.98. The van der Waals surface area contributed by atoms with Crippen LogP contribution in [0, 0.1) is 0 Å². The molecule has 0 spiro atoms. The van der Waals surface area contributed by atoms with Gasteiger partial charge in [-0.15, -0.1) is 11.3 Å². The third kappa shape index (κ3) is 1.94. The predicted molar refractivity (Wildman–Crippen MR) is 70.7 cm³/mol. The Hall–Kier alpha value is -1.65. The number of nitrogens with one attached hydrogen (secondary N) is 1. The van der Waals surface area contributed by atoms with Crippen LogP contribution in [-0.2, 0) is 6.42 Å². The molecule has 1 aliphatic carbocycles. The van der Waals surface area contributed by atoms with E-state index in [0.717, 1.165) is 11.1 Å². The van der Waals surface area contributed by atoms with Crippen molar-refractivity contribution in [3.05, 3.63) is 57.8 Å². The maximum Gasteiger partial charge on any atom is 0.261 e. The van der Waals surface area contributed by atoms with E-state index in [1.165, 1.54) is 11.3 Å². The lowest BCUT2D eigenvalue weighted by Crippen LogP contribution is -2.33. The first-order valence-corrected chi connectivity index (χ1v) is 6.74. The molecule has 3 rings (SSSR count). The lowest BCUT2D eigenvalue weighted by molar-refractivity contribution is 0.0862. The van der Waals surface area contributed by atoms with Crippen LogP contribution in [0.2, 0.25) is 0 Å². The van der Waals surface area contributed by atoms with E-state index in [4.69, 9.17) is 0 Å². The van der Waals surface area contributed by atoms with Crippen LogP contribution in [0.3, 0.4) is 0 Å². The molecule has 2 N–H and O–H groups in total. The third-order valence-corrected chi connectivity index (χ3v) is 4.10. The molecule has 1 aliphatic rings. The first-order valence-electron chi connectivity index (χ1n) is 5.86.